The lowest BCUT2D eigenvalue weighted by Crippen LogP contribution is -2.44. The lowest BCUT2D eigenvalue weighted by Gasteiger charge is -2.27. The monoisotopic (exact) mass is 266 g/mol. The highest BCUT2D eigenvalue weighted by Crippen LogP contribution is 2.24. The Bertz CT molecular complexity index is 379. The first-order valence-electron chi connectivity index (χ1n) is 7.47. The number of aryl methyl sites for hydroxylation is 1. The molecule has 0 radical (unpaired) electrons. The summed E-state index contributed by atoms with van der Waals surface area (Å²) in [5, 5.41) is 7.88. The van der Waals surface area contributed by atoms with E-state index in [0.29, 0.717) is 18.1 Å². The zero-order chi connectivity index (χ0) is 13.7. The van der Waals surface area contributed by atoms with Gasteiger partial charge in [0.25, 0.3) is 0 Å². The summed E-state index contributed by atoms with van der Waals surface area (Å²) >= 11 is 0. The van der Waals surface area contributed by atoms with Crippen LogP contribution in [0.1, 0.15) is 39.4 Å². The molecule has 1 aliphatic rings. The van der Waals surface area contributed by atoms with Gasteiger partial charge in [-0.3, -0.25) is 4.68 Å². The van der Waals surface area contributed by atoms with Gasteiger partial charge in [-0.05, 0) is 32.2 Å². The maximum Gasteiger partial charge on any atom is 0.138 e. The van der Waals surface area contributed by atoms with Crippen LogP contribution in [0.15, 0.2) is 6.33 Å². The van der Waals surface area contributed by atoms with Crippen LogP contribution in [0.2, 0.25) is 0 Å². The summed E-state index contributed by atoms with van der Waals surface area (Å²) in [7, 11) is 0. The average molecular weight is 266 g/mol. The smallest absolute Gasteiger partial charge is 0.138 e. The standard InChI is InChI=1S/C14H26N4O/c1-4-7-15-12(14-11(3)6-8-19-14)9-13-16-10-17-18(13)5-2/h10-12,14-15H,4-9H2,1-3H3. The van der Waals surface area contributed by atoms with Crippen LogP contribution in [-0.4, -0.2) is 40.1 Å². The van der Waals surface area contributed by atoms with Crippen LogP contribution >= 0.6 is 0 Å². The Hall–Kier alpha value is -0.940. The average Bonchev–Trinajstić information content (AvgIpc) is 3.03. The molecular formula is C14H26N4O. The number of hydrogen-bond donors (Lipinski definition) is 1. The molecule has 0 spiro atoms. The molecule has 5 nitrogen and oxygen atoms in total. The quantitative estimate of drug-likeness (QED) is 0.815. The van der Waals surface area contributed by atoms with Crippen molar-refractivity contribution in [1.82, 2.24) is 20.1 Å². The Balaban J connectivity index is 2.04. The Labute approximate surface area is 115 Å². The summed E-state index contributed by atoms with van der Waals surface area (Å²) in [4.78, 5) is 4.39. The van der Waals surface area contributed by atoms with Gasteiger partial charge in [0, 0.05) is 25.6 Å². The van der Waals surface area contributed by atoms with Crippen molar-refractivity contribution in [3.05, 3.63) is 12.2 Å². The Kier molecular flexibility index (Phi) is 5.34. The van der Waals surface area contributed by atoms with Gasteiger partial charge < -0.3 is 10.1 Å². The van der Waals surface area contributed by atoms with E-state index in [4.69, 9.17) is 4.74 Å². The molecule has 0 aliphatic carbocycles. The lowest BCUT2D eigenvalue weighted by atomic mass is 9.95. The molecule has 3 unspecified atom stereocenters. The second-order valence-electron chi connectivity index (χ2n) is 5.36. The third kappa shape index (κ3) is 3.54. The molecule has 0 bridgehead atoms. The molecule has 0 saturated carbocycles. The first kappa shape index (κ1) is 14.5. The molecule has 3 atom stereocenters. The highest BCUT2D eigenvalue weighted by Gasteiger charge is 2.32. The van der Waals surface area contributed by atoms with Gasteiger partial charge in [0.1, 0.15) is 12.2 Å². The summed E-state index contributed by atoms with van der Waals surface area (Å²) in [5.41, 5.74) is 0. The molecule has 1 aromatic rings. The number of ether oxygens (including phenoxy) is 1. The predicted octanol–water partition coefficient (Wildman–Crippen LogP) is 1.63. The van der Waals surface area contributed by atoms with E-state index in [1.165, 1.54) is 0 Å². The zero-order valence-corrected chi connectivity index (χ0v) is 12.3. The number of hydrogen-bond acceptors (Lipinski definition) is 4. The van der Waals surface area contributed by atoms with Crippen LogP contribution < -0.4 is 5.32 Å². The molecule has 2 rings (SSSR count). The Morgan fingerprint density at radius 3 is 3.00 bits per heavy atom. The van der Waals surface area contributed by atoms with E-state index in [9.17, 15) is 0 Å². The van der Waals surface area contributed by atoms with Gasteiger partial charge in [-0.25, -0.2) is 4.98 Å². The molecule has 0 aromatic carbocycles. The lowest BCUT2D eigenvalue weighted by molar-refractivity contribution is 0.0601. The van der Waals surface area contributed by atoms with E-state index in [1.54, 1.807) is 6.33 Å². The Morgan fingerprint density at radius 1 is 1.53 bits per heavy atom. The molecule has 1 N–H and O–H groups in total. The molecule has 1 aliphatic heterocycles. The SMILES string of the molecule is CCCNC(Cc1ncnn1CC)C1OCCC1C. The van der Waals surface area contributed by atoms with E-state index < -0.39 is 0 Å². The molecule has 1 saturated heterocycles. The summed E-state index contributed by atoms with van der Waals surface area (Å²) in [6.45, 7) is 9.35. The van der Waals surface area contributed by atoms with Crippen LogP contribution in [0, 0.1) is 5.92 Å². The van der Waals surface area contributed by atoms with E-state index >= 15 is 0 Å². The summed E-state index contributed by atoms with van der Waals surface area (Å²) in [6, 6.07) is 0.340. The minimum atomic E-state index is 0.300. The largest absolute Gasteiger partial charge is 0.376 e. The predicted molar refractivity (Wildman–Crippen MR) is 75.0 cm³/mol. The fourth-order valence-electron chi connectivity index (χ4n) is 2.77. The minimum absolute atomic E-state index is 0.300. The normalized spacial score (nSPS) is 24.8. The fourth-order valence-corrected chi connectivity index (χ4v) is 2.77. The number of nitrogens with zero attached hydrogens (tertiary/aromatic N) is 3. The summed E-state index contributed by atoms with van der Waals surface area (Å²) < 4.78 is 7.90. The van der Waals surface area contributed by atoms with Crippen LogP contribution in [0.25, 0.3) is 0 Å². The van der Waals surface area contributed by atoms with Crippen LogP contribution in [-0.2, 0) is 17.7 Å². The van der Waals surface area contributed by atoms with Crippen LogP contribution in [0.5, 0.6) is 0 Å². The van der Waals surface area contributed by atoms with Gasteiger partial charge in [-0.15, -0.1) is 0 Å². The van der Waals surface area contributed by atoms with Gasteiger partial charge in [0.2, 0.25) is 0 Å². The first-order valence-corrected chi connectivity index (χ1v) is 7.47. The number of aromatic nitrogens is 3. The maximum absolute atomic E-state index is 5.93. The highest BCUT2D eigenvalue weighted by atomic mass is 16.5. The van der Waals surface area contributed by atoms with Crippen LogP contribution in [0.3, 0.4) is 0 Å². The fraction of sp³-hybridized carbons (Fsp3) is 0.857. The molecular weight excluding hydrogens is 240 g/mol. The topological polar surface area (TPSA) is 52.0 Å². The second kappa shape index (κ2) is 7.01. The van der Waals surface area contributed by atoms with Crippen LogP contribution in [0.4, 0.5) is 0 Å². The number of nitrogens with one attached hydrogen (secondary N) is 1. The molecule has 19 heavy (non-hydrogen) atoms. The van der Waals surface area contributed by atoms with Crippen molar-refractivity contribution in [2.24, 2.45) is 5.92 Å². The second-order valence-corrected chi connectivity index (χ2v) is 5.36. The van der Waals surface area contributed by atoms with Crippen molar-refractivity contribution in [3.8, 4) is 0 Å². The minimum Gasteiger partial charge on any atom is -0.376 e. The van der Waals surface area contributed by atoms with Gasteiger partial charge in [-0.2, -0.15) is 5.10 Å². The molecule has 2 heterocycles. The third-order valence-electron chi connectivity index (χ3n) is 3.90. The van der Waals surface area contributed by atoms with E-state index in [1.807, 2.05) is 4.68 Å². The summed E-state index contributed by atoms with van der Waals surface area (Å²) in [5.74, 6) is 1.67. The van der Waals surface area contributed by atoms with Crippen molar-refractivity contribution < 1.29 is 4.74 Å². The van der Waals surface area contributed by atoms with Gasteiger partial charge in [0.15, 0.2) is 0 Å². The third-order valence-corrected chi connectivity index (χ3v) is 3.90. The Morgan fingerprint density at radius 2 is 2.37 bits per heavy atom. The molecule has 1 aromatic heterocycles. The van der Waals surface area contributed by atoms with Gasteiger partial charge >= 0.3 is 0 Å². The molecule has 5 heteroatoms. The van der Waals surface area contributed by atoms with Crippen molar-refractivity contribution in [2.75, 3.05) is 13.2 Å². The van der Waals surface area contributed by atoms with E-state index in [2.05, 4.69) is 36.2 Å². The first-order chi connectivity index (χ1) is 9.26. The van der Waals surface area contributed by atoms with Crippen molar-refractivity contribution in [2.45, 2.75) is 58.7 Å². The van der Waals surface area contributed by atoms with Gasteiger partial charge in [-0.1, -0.05) is 13.8 Å². The molecule has 108 valence electrons. The van der Waals surface area contributed by atoms with Crippen molar-refractivity contribution in [3.63, 3.8) is 0 Å². The molecule has 1 fully saturated rings. The zero-order valence-electron chi connectivity index (χ0n) is 12.3. The van der Waals surface area contributed by atoms with Crippen molar-refractivity contribution >= 4 is 0 Å². The van der Waals surface area contributed by atoms with Gasteiger partial charge in [0.05, 0.1) is 6.10 Å². The van der Waals surface area contributed by atoms with E-state index in [-0.39, 0.29) is 0 Å². The highest BCUT2D eigenvalue weighted by molar-refractivity contribution is 4.95. The van der Waals surface area contributed by atoms with E-state index in [0.717, 1.165) is 44.8 Å². The summed E-state index contributed by atoms with van der Waals surface area (Å²) in [6.07, 6.45) is 5.14. The van der Waals surface area contributed by atoms with Crippen molar-refractivity contribution in [1.29, 1.82) is 0 Å². The molecule has 0 amide bonds. The number of rotatable bonds is 7. The maximum atomic E-state index is 5.93.